The van der Waals surface area contributed by atoms with Crippen molar-refractivity contribution in [2.45, 2.75) is 0 Å². The van der Waals surface area contributed by atoms with Crippen molar-refractivity contribution in [2.24, 2.45) is 0 Å². The van der Waals surface area contributed by atoms with Gasteiger partial charge in [-0.1, -0.05) is 0 Å². The van der Waals surface area contributed by atoms with Crippen LogP contribution in [0.15, 0.2) is 18.3 Å². The Hall–Kier alpha value is -0.780. The third-order valence-corrected chi connectivity index (χ3v) is 2.23. The molecule has 0 spiro atoms. The summed E-state index contributed by atoms with van der Waals surface area (Å²) in [6, 6.07) is 3.99. The number of halogens is 1. The fraction of sp³-hybridized carbons (Fsp3) is 0.125. The van der Waals surface area contributed by atoms with Crippen molar-refractivity contribution in [1.29, 1.82) is 0 Å². The summed E-state index contributed by atoms with van der Waals surface area (Å²) < 4.78 is 6.14. The molecule has 0 aromatic carbocycles. The number of hydrogen-bond donors (Lipinski definition) is 1. The highest BCUT2D eigenvalue weighted by molar-refractivity contribution is 14.1. The summed E-state index contributed by atoms with van der Waals surface area (Å²) >= 11 is 2.22. The standard InChI is InChI=1S/C8H7IN2O/c1-12-6-2-5-3-7(9)11-8(5)10-4-6/h2-4H,1H3,(H,10,11). The zero-order chi connectivity index (χ0) is 8.55. The molecular weight excluding hydrogens is 267 g/mol. The zero-order valence-corrected chi connectivity index (χ0v) is 8.62. The van der Waals surface area contributed by atoms with Crippen LogP contribution in [0.4, 0.5) is 0 Å². The number of pyridine rings is 1. The average Bonchev–Trinajstić information content (AvgIpc) is 2.43. The van der Waals surface area contributed by atoms with E-state index >= 15 is 0 Å². The first-order valence-electron chi connectivity index (χ1n) is 3.48. The molecule has 2 rings (SSSR count). The van der Waals surface area contributed by atoms with Crippen molar-refractivity contribution in [3.05, 3.63) is 22.0 Å². The van der Waals surface area contributed by atoms with Crippen molar-refractivity contribution >= 4 is 33.6 Å². The van der Waals surface area contributed by atoms with Gasteiger partial charge in [0, 0.05) is 5.39 Å². The molecular formula is C8H7IN2O. The summed E-state index contributed by atoms with van der Waals surface area (Å²) in [6.07, 6.45) is 1.70. The highest BCUT2D eigenvalue weighted by Gasteiger charge is 2.00. The molecule has 62 valence electrons. The van der Waals surface area contributed by atoms with E-state index in [9.17, 15) is 0 Å². The summed E-state index contributed by atoms with van der Waals surface area (Å²) in [5.74, 6) is 0.790. The van der Waals surface area contributed by atoms with E-state index in [-0.39, 0.29) is 0 Å². The minimum atomic E-state index is 0.790. The predicted molar refractivity (Wildman–Crippen MR) is 55.4 cm³/mol. The van der Waals surface area contributed by atoms with Crippen molar-refractivity contribution in [1.82, 2.24) is 9.97 Å². The lowest BCUT2D eigenvalue weighted by Crippen LogP contribution is -1.83. The Kier molecular flexibility index (Phi) is 1.92. The first-order valence-corrected chi connectivity index (χ1v) is 4.56. The molecule has 0 amide bonds. The van der Waals surface area contributed by atoms with Crippen LogP contribution in [0.5, 0.6) is 5.75 Å². The number of fused-ring (bicyclic) bond motifs is 1. The number of methoxy groups -OCH3 is 1. The maximum absolute atomic E-state index is 5.05. The number of ether oxygens (including phenoxy) is 1. The minimum absolute atomic E-state index is 0.790. The first-order chi connectivity index (χ1) is 5.79. The number of aromatic amines is 1. The van der Waals surface area contributed by atoms with Crippen LogP contribution in [-0.4, -0.2) is 17.1 Å². The van der Waals surface area contributed by atoms with Gasteiger partial charge >= 0.3 is 0 Å². The van der Waals surface area contributed by atoms with Gasteiger partial charge in [0.05, 0.1) is 17.0 Å². The van der Waals surface area contributed by atoms with Crippen molar-refractivity contribution in [3.8, 4) is 5.75 Å². The van der Waals surface area contributed by atoms with Gasteiger partial charge in [0.1, 0.15) is 11.4 Å². The molecule has 0 atom stereocenters. The highest BCUT2D eigenvalue weighted by Crippen LogP contribution is 2.19. The molecule has 0 aliphatic rings. The molecule has 2 heterocycles. The van der Waals surface area contributed by atoms with Gasteiger partial charge in [-0.3, -0.25) is 0 Å². The molecule has 2 aromatic rings. The van der Waals surface area contributed by atoms with Crippen LogP contribution in [0.2, 0.25) is 0 Å². The zero-order valence-electron chi connectivity index (χ0n) is 6.47. The predicted octanol–water partition coefficient (Wildman–Crippen LogP) is 2.18. The summed E-state index contributed by atoms with van der Waals surface area (Å²) in [4.78, 5) is 7.32. The van der Waals surface area contributed by atoms with Crippen LogP contribution in [0.25, 0.3) is 11.0 Å². The Morgan fingerprint density at radius 3 is 3.08 bits per heavy atom. The summed E-state index contributed by atoms with van der Waals surface area (Å²) in [7, 11) is 1.64. The third kappa shape index (κ3) is 1.26. The van der Waals surface area contributed by atoms with E-state index in [0.717, 1.165) is 20.5 Å². The van der Waals surface area contributed by atoms with Crippen LogP contribution in [-0.2, 0) is 0 Å². The van der Waals surface area contributed by atoms with E-state index in [1.165, 1.54) is 0 Å². The smallest absolute Gasteiger partial charge is 0.138 e. The van der Waals surface area contributed by atoms with Crippen LogP contribution in [0, 0.1) is 3.70 Å². The lowest BCUT2D eigenvalue weighted by molar-refractivity contribution is 0.413. The summed E-state index contributed by atoms with van der Waals surface area (Å²) in [6.45, 7) is 0. The first kappa shape index (κ1) is 7.85. The van der Waals surface area contributed by atoms with E-state index in [2.05, 4.69) is 32.6 Å². The molecule has 1 N–H and O–H groups in total. The monoisotopic (exact) mass is 274 g/mol. The van der Waals surface area contributed by atoms with Gasteiger partial charge in [-0.2, -0.15) is 0 Å². The second-order valence-corrected chi connectivity index (χ2v) is 3.59. The number of hydrogen-bond acceptors (Lipinski definition) is 2. The molecule has 3 nitrogen and oxygen atoms in total. The van der Waals surface area contributed by atoms with Gasteiger partial charge in [-0.05, 0) is 34.7 Å². The van der Waals surface area contributed by atoms with Crippen molar-refractivity contribution in [2.75, 3.05) is 7.11 Å². The topological polar surface area (TPSA) is 37.9 Å². The van der Waals surface area contributed by atoms with E-state index < -0.39 is 0 Å². The van der Waals surface area contributed by atoms with E-state index in [1.807, 2.05) is 12.1 Å². The maximum Gasteiger partial charge on any atom is 0.138 e. The van der Waals surface area contributed by atoms with Crippen molar-refractivity contribution < 1.29 is 4.74 Å². The molecule has 12 heavy (non-hydrogen) atoms. The molecule has 0 aliphatic heterocycles. The second kappa shape index (κ2) is 2.93. The normalized spacial score (nSPS) is 10.5. The fourth-order valence-electron chi connectivity index (χ4n) is 1.07. The third-order valence-electron chi connectivity index (χ3n) is 1.65. The van der Waals surface area contributed by atoms with Gasteiger partial charge < -0.3 is 9.72 Å². The van der Waals surface area contributed by atoms with Crippen LogP contribution in [0.3, 0.4) is 0 Å². The Morgan fingerprint density at radius 1 is 1.50 bits per heavy atom. The minimum Gasteiger partial charge on any atom is -0.495 e. The Morgan fingerprint density at radius 2 is 2.33 bits per heavy atom. The molecule has 0 fully saturated rings. The quantitative estimate of drug-likeness (QED) is 0.809. The van der Waals surface area contributed by atoms with Crippen LogP contribution < -0.4 is 4.74 Å². The molecule has 0 radical (unpaired) electrons. The van der Waals surface area contributed by atoms with E-state index in [1.54, 1.807) is 13.3 Å². The Balaban J connectivity index is 2.66. The molecule has 0 saturated carbocycles. The van der Waals surface area contributed by atoms with E-state index in [4.69, 9.17) is 4.74 Å². The van der Waals surface area contributed by atoms with E-state index in [0.29, 0.717) is 0 Å². The molecule has 2 aromatic heterocycles. The number of aromatic nitrogens is 2. The molecule has 4 heteroatoms. The van der Waals surface area contributed by atoms with Gasteiger partial charge in [-0.15, -0.1) is 0 Å². The number of rotatable bonds is 1. The van der Waals surface area contributed by atoms with Crippen molar-refractivity contribution in [3.63, 3.8) is 0 Å². The second-order valence-electron chi connectivity index (χ2n) is 2.43. The van der Waals surface area contributed by atoms with Crippen LogP contribution in [0.1, 0.15) is 0 Å². The van der Waals surface area contributed by atoms with Gasteiger partial charge in [0.25, 0.3) is 0 Å². The molecule has 0 saturated heterocycles. The van der Waals surface area contributed by atoms with Gasteiger partial charge in [0.2, 0.25) is 0 Å². The van der Waals surface area contributed by atoms with Gasteiger partial charge in [-0.25, -0.2) is 4.98 Å². The summed E-state index contributed by atoms with van der Waals surface area (Å²) in [5, 5.41) is 1.08. The number of nitrogens with zero attached hydrogens (tertiary/aromatic N) is 1. The molecule has 0 unspecified atom stereocenters. The highest BCUT2D eigenvalue weighted by atomic mass is 127. The number of H-pyrrole nitrogens is 1. The Labute approximate surface area is 83.3 Å². The SMILES string of the molecule is COc1cnc2[nH]c(I)cc2c1. The van der Waals surface area contributed by atoms with Gasteiger partial charge in [0.15, 0.2) is 0 Å². The largest absolute Gasteiger partial charge is 0.495 e. The summed E-state index contributed by atoms with van der Waals surface area (Å²) in [5.41, 5.74) is 0.903. The lowest BCUT2D eigenvalue weighted by Gasteiger charge is -1.96. The maximum atomic E-state index is 5.05. The van der Waals surface area contributed by atoms with Crippen LogP contribution >= 0.6 is 22.6 Å². The lowest BCUT2D eigenvalue weighted by atomic mass is 10.3. The fourth-order valence-corrected chi connectivity index (χ4v) is 1.66. The average molecular weight is 274 g/mol. The molecule has 0 bridgehead atoms. The Bertz CT molecular complexity index is 410. The molecule has 0 aliphatic carbocycles. The number of nitrogens with one attached hydrogen (secondary N) is 1.